The number of methoxy groups -OCH3 is 2. The Hall–Kier alpha value is -2.80. The number of hydrogen-bond acceptors (Lipinski definition) is 5. The van der Waals surface area contributed by atoms with Gasteiger partial charge in [0.15, 0.2) is 9.84 Å². The van der Waals surface area contributed by atoms with Crippen LogP contribution in [0, 0.1) is 0 Å². The van der Waals surface area contributed by atoms with Gasteiger partial charge in [0.2, 0.25) is 0 Å². The Bertz CT molecular complexity index is 938. The summed E-state index contributed by atoms with van der Waals surface area (Å²) in [4.78, 5) is 14.6. The van der Waals surface area contributed by atoms with Crippen LogP contribution in [-0.4, -0.2) is 40.3 Å². The summed E-state index contributed by atoms with van der Waals surface area (Å²) < 4.78 is 34.5. The van der Waals surface area contributed by atoms with E-state index in [1.54, 1.807) is 42.5 Å². The molecular formula is C19H19NO5S. The molecule has 0 fully saturated rings. The first-order chi connectivity index (χ1) is 12.4. The Morgan fingerprint density at radius 1 is 1.08 bits per heavy atom. The molecule has 2 aromatic carbocycles. The van der Waals surface area contributed by atoms with Crippen molar-refractivity contribution in [2.45, 2.75) is 6.04 Å². The molecule has 3 rings (SSSR count). The fourth-order valence-electron chi connectivity index (χ4n) is 2.86. The van der Waals surface area contributed by atoms with Gasteiger partial charge in [0.1, 0.15) is 11.5 Å². The summed E-state index contributed by atoms with van der Waals surface area (Å²) in [6.07, 6.45) is 1.53. The predicted molar refractivity (Wildman–Crippen MR) is 99.5 cm³/mol. The van der Waals surface area contributed by atoms with Crippen molar-refractivity contribution in [1.82, 2.24) is 0 Å². The second-order valence-corrected chi connectivity index (χ2v) is 7.74. The van der Waals surface area contributed by atoms with E-state index in [2.05, 4.69) is 0 Å². The van der Waals surface area contributed by atoms with Gasteiger partial charge in [0, 0.05) is 17.0 Å². The van der Waals surface area contributed by atoms with E-state index in [0.29, 0.717) is 22.7 Å². The summed E-state index contributed by atoms with van der Waals surface area (Å²) in [7, 11) is -0.310. The molecule has 0 spiro atoms. The number of hydrogen-bond donors (Lipinski definition) is 0. The largest absolute Gasteiger partial charge is 0.497 e. The minimum Gasteiger partial charge on any atom is -0.497 e. The normalized spacial score (nSPS) is 17.7. The number of benzene rings is 2. The maximum atomic E-state index is 13.2. The van der Waals surface area contributed by atoms with Gasteiger partial charge in [0.05, 0.1) is 31.7 Å². The van der Waals surface area contributed by atoms with E-state index in [0.717, 1.165) is 5.41 Å². The SMILES string of the molecule is COc1ccc(N(C(=O)c2ccccc2)[C@H]2C=CS(=O)(=O)C2)c(OC)c1. The highest BCUT2D eigenvalue weighted by Gasteiger charge is 2.33. The Morgan fingerprint density at radius 2 is 1.81 bits per heavy atom. The van der Waals surface area contributed by atoms with Crippen molar-refractivity contribution in [3.8, 4) is 11.5 Å². The quantitative estimate of drug-likeness (QED) is 0.806. The summed E-state index contributed by atoms with van der Waals surface area (Å²) >= 11 is 0. The monoisotopic (exact) mass is 373 g/mol. The molecule has 0 radical (unpaired) electrons. The van der Waals surface area contributed by atoms with Crippen molar-refractivity contribution in [2.24, 2.45) is 0 Å². The molecule has 26 heavy (non-hydrogen) atoms. The third-order valence-corrected chi connectivity index (χ3v) is 5.51. The number of rotatable bonds is 5. The summed E-state index contributed by atoms with van der Waals surface area (Å²) in [6.45, 7) is 0. The van der Waals surface area contributed by atoms with Crippen molar-refractivity contribution < 1.29 is 22.7 Å². The molecule has 1 heterocycles. The summed E-state index contributed by atoms with van der Waals surface area (Å²) in [5.41, 5.74) is 0.942. The summed E-state index contributed by atoms with van der Waals surface area (Å²) in [6, 6.07) is 13.2. The fourth-order valence-corrected chi connectivity index (χ4v) is 4.13. The van der Waals surface area contributed by atoms with Gasteiger partial charge in [-0.25, -0.2) is 8.42 Å². The minimum absolute atomic E-state index is 0.166. The van der Waals surface area contributed by atoms with Crippen LogP contribution in [-0.2, 0) is 9.84 Å². The highest BCUT2D eigenvalue weighted by atomic mass is 32.2. The third-order valence-electron chi connectivity index (χ3n) is 4.13. The lowest BCUT2D eigenvalue weighted by Crippen LogP contribution is -2.41. The number of nitrogens with zero attached hydrogens (tertiary/aromatic N) is 1. The number of ether oxygens (including phenoxy) is 2. The van der Waals surface area contributed by atoms with Gasteiger partial charge in [-0.05, 0) is 30.3 Å². The lowest BCUT2D eigenvalue weighted by molar-refractivity contribution is 0.0982. The van der Waals surface area contributed by atoms with E-state index in [1.165, 1.54) is 25.2 Å². The predicted octanol–water partition coefficient (Wildman–Crippen LogP) is 2.66. The molecule has 1 atom stereocenters. The zero-order valence-corrected chi connectivity index (χ0v) is 15.3. The third kappa shape index (κ3) is 3.57. The standard InChI is InChI=1S/C19H19NO5S/c1-24-16-8-9-17(18(12-16)25-2)20(15-10-11-26(22,23)13-15)19(21)14-6-4-3-5-7-14/h3-12,15H,13H2,1-2H3/t15-/m0/s1. The molecule has 7 heteroatoms. The number of sulfone groups is 1. The molecular weight excluding hydrogens is 354 g/mol. The Labute approximate surface area is 152 Å². The zero-order chi connectivity index (χ0) is 18.7. The van der Waals surface area contributed by atoms with Crippen LogP contribution in [0.5, 0.6) is 11.5 Å². The van der Waals surface area contributed by atoms with E-state index in [1.807, 2.05) is 6.07 Å². The lowest BCUT2D eigenvalue weighted by Gasteiger charge is -2.29. The van der Waals surface area contributed by atoms with E-state index in [4.69, 9.17) is 9.47 Å². The lowest BCUT2D eigenvalue weighted by atomic mass is 10.1. The smallest absolute Gasteiger partial charge is 0.258 e. The Balaban J connectivity index is 2.10. The van der Waals surface area contributed by atoms with Gasteiger partial charge in [-0.3, -0.25) is 9.69 Å². The average Bonchev–Trinajstić information content (AvgIpc) is 3.02. The molecule has 0 bridgehead atoms. The van der Waals surface area contributed by atoms with Crippen LogP contribution in [0.3, 0.4) is 0 Å². The maximum Gasteiger partial charge on any atom is 0.258 e. The molecule has 0 N–H and O–H groups in total. The summed E-state index contributed by atoms with van der Waals surface area (Å²) in [5, 5.41) is 1.15. The van der Waals surface area contributed by atoms with Gasteiger partial charge in [0.25, 0.3) is 5.91 Å². The van der Waals surface area contributed by atoms with E-state index >= 15 is 0 Å². The molecule has 6 nitrogen and oxygen atoms in total. The first kappa shape index (κ1) is 18.0. The zero-order valence-electron chi connectivity index (χ0n) is 14.5. The van der Waals surface area contributed by atoms with Crippen molar-refractivity contribution in [3.05, 3.63) is 65.6 Å². The highest BCUT2D eigenvalue weighted by molar-refractivity contribution is 7.94. The van der Waals surface area contributed by atoms with Crippen LogP contribution in [0.4, 0.5) is 5.69 Å². The topological polar surface area (TPSA) is 72.9 Å². The Kier molecular flexibility index (Phi) is 4.99. The second-order valence-electron chi connectivity index (χ2n) is 5.80. The number of carbonyl (C=O) groups excluding carboxylic acids is 1. The number of anilines is 1. The minimum atomic E-state index is -3.34. The van der Waals surface area contributed by atoms with Crippen LogP contribution in [0.25, 0.3) is 0 Å². The molecule has 0 saturated carbocycles. The highest BCUT2D eigenvalue weighted by Crippen LogP contribution is 2.35. The van der Waals surface area contributed by atoms with Gasteiger partial charge in [-0.2, -0.15) is 0 Å². The van der Waals surface area contributed by atoms with Crippen LogP contribution in [0.15, 0.2) is 60.0 Å². The van der Waals surface area contributed by atoms with Crippen molar-refractivity contribution in [1.29, 1.82) is 0 Å². The first-order valence-electron chi connectivity index (χ1n) is 7.97. The molecule has 0 aromatic heterocycles. The second kappa shape index (κ2) is 7.21. The number of carbonyl (C=O) groups is 1. The van der Waals surface area contributed by atoms with Gasteiger partial charge >= 0.3 is 0 Å². The van der Waals surface area contributed by atoms with Crippen LogP contribution >= 0.6 is 0 Å². The summed E-state index contributed by atoms with van der Waals surface area (Å²) in [5.74, 6) is 0.528. The van der Waals surface area contributed by atoms with Gasteiger partial charge < -0.3 is 9.47 Å². The molecule has 2 aromatic rings. The van der Waals surface area contributed by atoms with Gasteiger partial charge in [-0.15, -0.1) is 0 Å². The fraction of sp³-hybridized carbons (Fsp3) is 0.211. The molecule has 136 valence electrons. The molecule has 0 unspecified atom stereocenters. The first-order valence-corrected chi connectivity index (χ1v) is 9.68. The molecule has 1 amide bonds. The van der Waals surface area contributed by atoms with E-state index in [9.17, 15) is 13.2 Å². The van der Waals surface area contributed by atoms with Crippen molar-refractivity contribution in [3.63, 3.8) is 0 Å². The molecule has 1 aliphatic heterocycles. The molecule has 0 saturated heterocycles. The maximum absolute atomic E-state index is 13.2. The van der Waals surface area contributed by atoms with Gasteiger partial charge in [-0.1, -0.05) is 18.2 Å². The molecule has 1 aliphatic rings. The Morgan fingerprint density at radius 3 is 2.38 bits per heavy atom. The van der Waals surface area contributed by atoms with Crippen LogP contribution in [0.1, 0.15) is 10.4 Å². The van der Waals surface area contributed by atoms with Crippen LogP contribution < -0.4 is 14.4 Å². The van der Waals surface area contributed by atoms with E-state index in [-0.39, 0.29) is 11.7 Å². The average molecular weight is 373 g/mol. The van der Waals surface area contributed by atoms with E-state index < -0.39 is 15.9 Å². The van der Waals surface area contributed by atoms with Crippen LogP contribution in [0.2, 0.25) is 0 Å². The van der Waals surface area contributed by atoms with Crippen molar-refractivity contribution in [2.75, 3.05) is 24.9 Å². The molecule has 0 aliphatic carbocycles. The number of amides is 1. The van der Waals surface area contributed by atoms with Crippen molar-refractivity contribution >= 4 is 21.4 Å².